The van der Waals surface area contributed by atoms with Gasteiger partial charge in [0.15, 0.2) is 0 Å². The number of nitrogens with one attached hydrogen (secondary N) is 1. The molecule has 31 heavy (non-hydrogen) atoms. The number of nitrogens with zero attached hydrogens (tertiary/aromatic N) is 2. The summed E-state index contributed by atoms with van der Waals surface area (Å²) in [6.07, 6.45) is 3.57. The van der Waals surface area contributed by atoms with Crippen molar-refractivity contribution >= 4 is 11.8 Å². The number of ether oxygens (including phenoxy) is 1. The van der Waals surface area contributed by atoms with E-state index in [9.17, 15) is 9.18 Å². The number of carbonyl (C=O) groups excluding carboxylic acids is 1. The second-order valence-electron chi connectivity index (χ2n) is 8.30. The Morgan fingerprint density at radius 3 is 2.71 bits per heavy atom. The summed E-state index contributed by atoms with van der Waals surface area (Å²) < 4.78 is 24.5. The topological polar surface area (TPSA) is 67.6 Å². The Kier molecular flexibility index (Phi) is 4.98. The van der Waals surface area contributed by atoms with E-state index in [1.54, 1.807) is 18.4 Å². The molecule has 7 heteroatoms. The third-order valence-electron chi connectivity index (χ3n) is 6.18. The molecule has 0 radical (unpaired) electrons. The van der Waals surface area contributed by atoms with Crippen molar-refractivity contribution in [2.75, 3.05) is 25.0 Å². The molecule has 1 saturated heterocycles. The highest BCUT2D eigenvalue weighted by Gasteiger charge is 2.44. The summed E-state index contributed by atoms with van der Waals surface area (Å²) in [5, 5.41) is 2.82. The minimum Gasteiger partial charge on any atom is -0.444 e. The second kappa shape index (κ2) is 7.81. The normalized spacial score (nSPS) is 17.8. The van der Waals surface area contributed by atoms with Crippen molar-refractivity contribution in [3.8, 4) is 11.5 Å². The average molecular weight is 421 g/mol. The van der Waals surface area contributed by atoms with E-state index >= 15 is 0 Å². The van der Waals surface area contributed by atoms with E-state index in [-0.39, 0.29) is 11.9 Å². The molecule has 3 aromatic rings. The number of piperidine rings is 1. The highest BCUT2D eigenvalue weighted by Crippen LogP contribution is 2.43. The average Bonchev–Trinajstić information content (AvgIpc) is 3.24. The van der Waals surface area contributed by atoms with Crippen molar-refractivity contribution < 1.29 is 18.3 Å². The van der Waals surface area contributed by atoms with Crippen molar-refractivity contribution in [1.82, 2.24) is 9.88 Å². The summed E-state index contributed by atoms with van der Waals surface area (Å²) in [5.41, 5.74) is 4.16. The quantitative estimate of drug-likeness (QED) is 0.650. The number of oxazole rings is 1. The van der Waals surface area contributed by atoms with E-state index < -0.39 is 5.60 Å². The largest absolute Gasteiger partial charge is 0.444 e. The molecule has 0 saturated carbocycles. The van der Waals surface area contributed by atoms with Crippen LogP contribution in [-0.4, -0.2) is 35.6 Å². The highest BCUT2D eigenvalue weighted by molar-refractivity contribution is 5.89. The molecule has 0 atom stereocenters. The zero-order valence-corrected chi connectivity index (χ0v) is 17.4. The third kappa shape index (κ3) is 3.93. The molecule has 2 aromatic carbocycles. The SMILES string of the molecule is Cc1ccc2c(c1)C1(CCN(CCc3coc(-c4ccc(F)cc4)n3)CC1)OC(=O)N2. The molecule has 0 unspecified atom stereocenters. The molecule has 2 aliphatic rings. The minimum absolute atomic E-state index is 0.282. The number of fused-ring (bicyclic) bond motifs is 2. The predicted molar refractivity (Wildman–Crippen MR) is 114 cm³/mol. The summed E-state index contributed by atoms with van der Waals surface area (Å²) in [4.78, 5) is 19.0. The molecular formula is C24H24FN3O3. The van der Waals surface area contributed by atoms with Gasteiger partial charge in [0.25, 0.3) is 0 Å². The van der Waals surface area contributed by atoms with E-state index in [1.165, 1.54) is 12.1 Å². The van der Waals surface area contributed by atoms with Gasteiger partial charge in [0, 0.05) is 50.0 Å². The van der Waals surface area contributed by atoms with E-state index in [4.69, 9.17) is 9.15 Å². The van der Waals surface area contributed by atoms with Gasteiger partial charge in [0.2, 0.25) is 5.89 Å². The summed E-state index contributed by atoms with van der Waals surface area (Å²) >= 11 is 0. The van der Waals surface area contributed by atoms with Crippen molar-refractivity contribution in [3.63, 3.8) is 0 Å². The van der Waals surface area contributed by atoms with Gasteiger partial charge in [0.1, 0.15) is 17.7 Å². The second-order valence-corrected chi connectivity index (χ2v) is 8.30. The maximum atomic E-state index is 13.1. The first-order chi connectivity index (χ1) is 15.0. The third-order valence-corrected chi connectivity index (χ3v) is 6.18. The smallest absolute Gasteiger partial charge is 0.412 e. The fourth-order valence-corrected chi connectivity index (χ4v) is 4.44. The number of hydrogen-bond acceptors (Lipinski definition) is 5. The highest BCUT2D eigenvalue weighted by atomic mass is 19.1. The van der Waals surface area contributed by atoms with Crippen LogP contribution in [0.5, 0.6) is 0 Å². The Labute approximate surface area is 180 Å². The molecule has 1 aromatic heterocycles. The molecule has 3 heterocycles. The molecule has 0 bridgehead atoms. The predicted octanol–water partition coefficient (Wildman–Crippen LogP) is 4.89. The lowest BCUT2D eigenvalue weighted by atomic mass is 9.81. The number of aryl methyl sites for hydroxylation is 1. The Morgan fingerprint density at radius 1 is 1.16 bits per heavy atom. The van der Waals surface area contributed by atoms with Crippen LogP contribution in [0, 0.1) is 12.7 Å². The minimum atomic E-state index is -0.552. The Balaban J connectivity index is 1.22. The van der Waals surface area contributed by atoms with Gasteiger partial charge in [-0.1, -0.05) is 11.6 Å². The molecule has 0 aliphatic carbocycles. The van der Waals surface area contributed by atoms with Gasteiger partial charge in [-0.2, -0.15) is 0 Å². The van der Waals surface area contributed by atoms with E-state index in [1.807, 2.05) is 12.1 Å². The lowest BCUT2D eigenvalue weighted by molar-refractivity contribution is -0.0376. The zero-order valence-electron chi connectivity index (χ0n) is 17.4. The van der Waals surface area contributed by atoms with Crippen LogP contribution in [0.2, 0.25) is 0 Å². The van der Waals surface area contributed by atoms with Gasteiger partial charge in [-0.15, -0.1) is 0 Å². The fourth-order valence-electron chi connectivity index (χ4n) is 4.44. The van der Waals surface area contributed by atoms with Crippen LogP contribution >= 0.6 is 0 Å². The van der Waals surface area contributed by atoms with Crippen LogP contribution in [0.1, 0.15) is 29.7 Å². The number of aromatic nitrogens is 1. The van der Waals surface area contributed by atoms with Crippen LogP contribution in [0.15, 0.2) is 53.1 Å². The molecule has 160 valence electrons. The van der Waals surface area contributed by atoms with E-state index in [0.29, 0.717) is 5.89 Å². The molecule has 1 N–H and O–H groups in total. The molecule has 1 spiro atoms. The van der Waals surface area contributed by atoms with Gasteiger partial charge in [-0.25, -0.2) is 14.2 Å². The van der Waals surface area contributed by atoms with Crippen LogP contribution in [-0.2, 0) is 16.8 Å². The van der Waals surface area contributed by atoms with Crippen LogP contribution in [0.4, 0.5) is 14.9 Å². The van der Waals surface area contributed by atoms with Crippen LogP contribution in [0.25, 0.3) is 11.5 Å². The number of rotatable bonds is 4. The summed E-state index contributed by atoms with van der Waals surface area (Å²) in [5.74, 6) is 0.219. The number of carbonyl (C=O) groups is 1. The van der Waals surface area contributed by atoms with Crippen molar-refractivity contribution in [2.24, 2.45) is 0 Å². The molecule has 6 nitrogen and oxygen atoms in total. The van der Waals surface area contributed by atoms with Gasteiger partial charge in [-0.05, 0) is 43.3 Å². The first-order valence-electron chi connectivity index (χ1n) is 10.5. The molecule has 2 aliphatic heterocycles. The number of likely N-dealkylation sites (tertiary alicyclic amines) is 1. The van der Waals surface area contributed by atoms with Crippen molar-refractivity contribution in [2.45, 2.75) is 31.8 Å². The lowest BCUT2D eigenvalue weighted by Gasteiger charge is -2.44. The standard InChI is InChI=1S/C24H24FN3O3/c1-16-2-7-21-20(14-16)24(31-23(29)27-21)9-12-28(13-10-24)11-8-19-15-30-22(26-19)17-3-5-18(25)6-4-17/h2-7,14-15H,8-13H2,1H3,(H,27,29). The maximum absolute atomic E-state index is 13.1. The Hall–Kier alpha value is -3.19. The number of amides is 1. The van der Waals surface area contributed by atoms with Gasteiger partial charge in [-0.3, -0.25) is 5.32 Å². The first kappa shape index (κ1) is 19.8. The summed E-state index contributed by atoms with van der Waals surface area (Å²) in [6, 6.07) is 12.2. The first-order valence-corrected chi connectivity index (χ1v) is 10.5. The molecular weight excluding hydrogens is 397 g/mol. The Morgan fingerprint density at radius 2 is 1.94 bits per heavy atom. The van der Waals surface area contributed by atoms with Crippen LogP contribution in [0.3, 0.4) is 0 Å². The van der Waals surface area contributed by atoms with Crippen LogP contribution < -0.4 is 5.32 Å². The van der Waals surface area contributed by atoms with E-state index in [0.717, 1.165) is 67.0 Å². The summed E-state index contributed by atoms with van der Waals surface area (Å²) in [6.45, 7) is 4.57. The molecule has 5 rings (SSSR count). The van der Waals surface area contributed by atoms with Gasteiger partial charge in [0.05, 0.1) is 11.4 Å². The van der Waals surface area contributed by atoms with Crippen molar-refractivity contribution in [3.05, 3.63) is 71.4 Å². The number of anilines is 1. The maximum Gasteiger partial charge on any atom is 0.412 e. The van der Waals surface area contributed by atoms with E-state index in [2.05, 4.69) is 28.2 Å². The van der Waals surface area contributed by atoms with Crippen molar-refractivity contribution in [1.29, 1.82) is 0 Å². The zero-order chi connectivity index (χ0) is 21.4. The fraction of sp³-hybridized carbons (Fsp3) is 0.333. The van der Waals surface area contributed by atoms with Gasteiger partial charge >= 0.3 is 6.09 Å². The number of hydrogen-bond donors (Lipinski definition) is 1. The van der Waals surface area contributed by atoms with Gasteiger partial charge < -0.3 is 14.1 Å². The number of benzene rings is 2. The molecule has 1 amide bonds. The monoisotopic (exact) mass is 421 g/mol. The Bertz CT molecular complexity index is 1100. The molecule has 1 fully saturated rings. The number of halogens is 1. The summed E-state index contributed by atoms with van der Waals surface area (Å²) in [7, 11) is 0. The lowest BCUT2D eigenvalue weighted by Crippen LogP contribution is -2.48.